The zero-order chi connectivity index (χ0) is 8.48. The van der Waals surface area contributed by atoms with Crippen molar-refractivity contribution in [2.45, 2.75) is 6.92 Å². The Labute approximate surface area is 64.2 Å². The fraction of sp³-hybridized carbons (Fsp3) is 0.143. The lowest BCUT2D eigenvalue weighted by Crippen LogP contribution is -2.33. The molecule has 1 aromatic carbocycles. The quantitative estimate of drug-likeness (QED) is 0.454. The summed E-state index contributed by atoms with van der Waals surface area (Å²) >= 11 is 0. The number of halogens is 3. The summed E-state index contributed by atoms with van der Waals surface area (Å²) in [6.45, 7) is 1.77. The molecule has 0 spiro atoms. The Bertz CT molecular complexity index is 237. The van der Waals surface area contributed by atoms with Crippen molar-refractivity contribution >= 4 is 14.3 Å². The lowest BCUT2D eigenvalue weighted by Gasteiger charge is -2.01. The standard InChI is InChI=1S/C7H7F3Si/c1-6-2-4-7(5-3-6)11(8,9)10/h2-5H,1H3. The third kappa shape index (κ3) is 2.08. The summed E-state index contributed by atoms with van der Waals surface area (Å²) in [5.74, 6) is 0. The molecule has 0 aromatic heterocycles. The van der Waals surface area contributed by atoms with Gasteiger partial charge in [0.25, 0.3) is 0 Å². The molecule has 1 aromatic rings. The summed E-state index contributed by atoms with van der Waals surface area (Å²) in [6.07, 6.45) is 0. The lowest BCUT2D eigenvalue weighted by molar-refractivity contribution is 0.501. The summed E-state index contributed by atoms with van der Waals surface area (Å²) in [7, 11) is -5.56. The topological polar surface area (TPSA) is 0 Å². The molecule has 0 aliphatic carbocycles. The van der Waals surface area contributed by atoms with Crippen molar-refractivity contribution in [3.8, 4) is 0 Å². The van der Waals surface area contributed by atoms with Crippen molar-refractivity contribution in [2.24, 2.45) is 0 Å². The predicted molar refractivity (Wildman–Crippen MR) is 39.9 cm³/mol. The Morgan fingerprint density at radius 2 is 1.45 bits per heavy atom. The van der Waals surface area contributed by atoms with Gasteiger partial charge in [-0.3, -0.25) is 0 Å². The Hall–Kier alpha value is -0.773. The molecule has 0 saturated heterocycles. The maximum absolute atomic E-state index is 12.1. The van der Waals surface area contributed by atoms with E-state index in [1.165, 1.54) is 12.1 Å². The highest BCUT2D eigenvalue weighted by Gasteiger charge is 2.39. The van der Waals surface area contributed by atoms with Crippen LogP contribution in [0.1, 0.15) is 5.56 Å². The minimum atomic E-state index is -5.56. The zero-order valence-corrected chi connectivity index (χ0v) is 6.94. The molecule has 0 fully saturated rings. The molecule has 60 valence electrons. The second-order valence-electron chi connectivity index (χ2n) is 2.36. The van der Waals surface area contributed by atoms with E-state index in [0.29, 0.717) is 0 Å². The van der Waals surface area contributed by atoms with Gasteiger partial charge in [-0.25, -0.2) is 12.3 Å². The van der Waals surface area contributed by atoms with Crippen LogP contribution in [0.5, 0.6) is 0 Å². The SMILES string of the molecule is Cc1ccc([Si](F)(F)F)cc1. The molecule has 0 amide bonds. The summed E-state index contributed by atoms with van der Waals surface area (Å²) in [6, 6.07) is 5.24. The van der Waals surface area contributed by atoms with E-state index < -0.39 is 14.3 Å². The van der Waals surface area contributed by atoms with Crippen LogP contribution < -0.4 is 5.19 Å². The molecule has 1 rings (SSSR count). The number of benzene rings is 1. The zero-order valence-electron chi connectivity index (χ0n) is 5.94. The Balaban J connectivity index is 2.99. The first-order valence-corrected chi connectivity index (χ1v) is 4.77. The third-order valence-electron chi connectivity index (χ3n) is 1.38. The summed E-state index contributed by atoms with van der Waals surface area (Å²) in [5, 5.41) is -0.455. The van der Waals surface area contributed by atoms with Crippen LogP contribution in [0.4, 0.5) is 12.3 Å². The van der Waals surface area contributed by atoms with Crippen LogP contribution in [0, 0.1) is 6.92 Å². The maximum atomic E-state index is 12.1. The molecule has 0 aliphatic rings. The molecule has 0 unspecified atom stereocenters. The molecule has 0 saturated carbocycles. The predicted octanol–water partition coefficient (Wildman–Crippen LogP) is 2.05. The molecule has 0 atom stereocenters. The number of hydrogen-bond donors (Lipinski definition) is 0. The van der Waals surface area contributed by atoms with Crippen molar-refractivity contribution < 1.29 is 12.3 Å². The minimum Gasteiger partial charge on any atom is -0.234 e. The van der Waals surface area contributed by atoms with Crippen molar-refractivity contribution in [2.75, 3.05) is 0 Å². The Kier molecular flexibility index (Phi) is 2.04. The number of hydrogen-bond acceptors (Lipinski definition) is 0. The van der Waals surface area contributed by atoms with Gasteiger partial charge in [-0.1, -0.05) is 29.8 Å². The van der Waals surface area contributed by atoms with Gasteiger partial charge in [0.05, 0.1) is 0 Å². The van der Waals surface area contributed by atoms with Crippen LogP contribution in [-0.4, -0.2) is 9.08 Å². The molecule has 4 heteroatoms. The van der Waals surface area contributed by atoms with E-state index in [1.807, 2.05) is 0 Å². The van der Waals surface area contributed by atoms with Gasteiger partial charge in [0.2, 0.25) is 0 Å². The van der Waals surface area contributed by atoms with Crippen molar-refractivity contribution in [3.63, 3.8) is 0 Å². The van der Waals surface area contributed by atoms with Gasteiger partial charge in [0.1, 0.15) is 0 Å². The van der Waals surface area contributed by atoms with Gasteiger partial charge in [0, 0.05) is 5.19 Å². The first kappa shape index (κ1) is 8.32. The van der Waals surface area contributed by atoms with Gasteiger partial charge in [-0.2, -0.15) is 0 Å². The molecular formula is C7H7F3Si. The van der Waals surface area contributed by atoms with Crippen LogP contribution in [0.15, 0.2) is 24.3 Å². The first-order valence-electron chi connectivity index (χ1n) is 3.14. The van der Waals surface area contributed by atoms with Gasteiger partial charge in [-0.05, 0) is 6.92 Å². The molecule has 11 heavy (non-hydrogen) atoms. The molecule has 0 heterocycles. The van der Waals surface area contributed by atoms with Crippen LogP contribution in [-0.2, 0) is 0 Å². The highest BCUT2D eigenvalue weighted by atomic mass is 28.5. The monoisotopic (exact) mass is 176 g/mol. The van der Waals surface area contributed by atoms with Crippen molar-refractivity contribution in [1.82, 2.24) is 0 Å². The molecule has 0 nitrogen and oxygen atoms in total. The Morgan fingerprint density at radius 1 is 1.00 bits per heavy atom. The number of rotatable bonds is 1. The van der Waals surface area contributed by atoms with E-state index in [1.54, 1.807) is 6.92 Å². The Morgan fingerprint density at radius 3 is 1.82 bits per heavy atom. The van der Waals surface area contributed by atoms with Crippen molar-refractivity contribution in [3.05, 3.63) is 29.8 Å². The minimum absolute atomic E-state index is 0.455. The van der Waals surface area contributed by atoms with Gasteiger partial charge >= 0.3 is 9.08 Å². The average molecular weight is 176 g/mol. The highest BCUT2D eigenvalue weighted by Crippen LogP contribution is 2.08. The molecule has 0 N–H and O–H groups in total. The molecule has 0 radical (unpaired) electrons. The largest absolute Gasteiger partial charge is 0.653 e. The van der Waals surface area contributed by atoms with Crippen LogP contribution in [0.3, 0.4) is 0 Å². The summed E-state index contributed by atoms with van der Waals surface area (Å²) in [4.78, 5) is 0. The summed E-state index contributed by atoms with van der Waals surface area (Å²) in [5.41, 5.74) is 0.854. The molecule has 0 aliphatic heterocycles. The smallest absolute Gasteiger partial charge is 0.234 e. The van der Waals surface area contributed by atoms with Crippen LogP contribution in [0.25, 0.3) is 0 Å². The van der Waals surface area contributed by atoms with E-state index >= 15 is 0 Å². The normalized spacial score (nSPS) is 11.6. The summed E-state index contributed by atoms with van der Waals surface area (Å²) < 4.78 is 36.2. The van der Waals surface area contributed by atoms with Gasteiger partial charge in [0.15, 0.2) is 0 Å². The second-order valence-corrected chi connectivity index (χ2v) is 3.94. The van der Waals surface area contributed by atoms with E-state index in [-0.39, 0.29) is 0 Å². The van der Waals surface area contributed by atoms with Crippen LogP contribution >= 0.6 is 0 Å². The molecule has 0 bridgehead atoms. The highest BCUT2D eigenvalue weighted by molar-refractivity contribution is 6.73. The first-order chi connectivity index (χ1) is 5.00. The molecular weight excluding hydrogens is 169 g/mol. The fourth-order valence-electron chi connectivity index (χ4n) is 0.743. The fourth-order valence-corrected chi connectivity index (χ4v) is 1.29. The number of aryl methyl sites for hydroxylation is 1. The maximum Gasteiger partial charge on any atom is 0.653 e. The van der Waals surface area contributed by atoms with Crippen molar-refractivity contribution in [1.29, 1.82) is 0 Å². The lowest BCUT2D eigenvalue weighted by atomic mass is 10.2. The van der Waals surface area contributed by atoms with E-state index in [0.717, 1.165) is 17.7 Å². The van der Waals surface area contributed by atoms with Gasteiger partial charge in [-0.15, -0.1) is 0 Å². The average Bonchev–Trinajstić information content (AvgIpc) is 1.86. The third-order valence-corrected chi connectivity index (χ3v) is 2.37. The van der Waals surface area contributed by atoms with E-state index in [9.17, 15) is 12.3 Å². The van der Waals surface area contributed by atoms with E-state index in [2.05, 4.69) is 0 Å². The van der Waals surface area contributed by atoms with Gasteiger partial charge < -0.3 is 0 Å². The second kappa shape index (κ2) is 2.69. The van der Waals surface area contributed by atoms with E-state index in [4.69, 9.17) is 0 Å². The van der Waals surface area contributed by atoms with Crippen LogP contribution in [0.2, 0.25) is 0 Å².